The Morgan fingerprint density at radius 3 is 2.00 bits per heavy atom. The molecule has 0 amide bonds. The van der Waals surface area contributed by atoms with Crippen molar-refractivity contribution in [1.29, 1.82) is 0 Å². The first-order chi connectivity index (χ1) is 10.3. The summed E-state index contributed by atoms with van der Waals surface area (Å²) in [6.45, 7) is 0.713. The van der Waals surface area contributed by atoms with Crippen LogP contribution in [0.2, 0.25) is 0 Å². The number of benzene rings is 2. The molecule has 0 aliphatic carbocycles. The van der Waals surface area contributed by atoms with Gasteiger partial charge in [0, 0.05) is 16.8 Å². The minimum Gasteiger partial charge on any atom is -0.373 e. The maximum absolute atomic E-state index is 13.8. The molecule has 108 valence electrons. The van der Waals surface area contributed by atoms with Crippen molar-refractivity contribution < 1.29 is 9.30 Å². The van der Waals surface area contributed by atoms with E-state index < -0.39 is 7.14 Å². The highest BCUT2D eigenvalue weighted by atomic mass is 31.2. The van der Waals surface area contributed by atoms with Crippen LogP contribution < -0.4 is 10.6 Å². The Morgan fingerprint density at radius 1 is 0.952 bits per heavy atom. The van der Waals surface area contributed by atoms with E-state index in [1.807, 2.05) is 66.7 Å². The van der Waals surface area contributed by atoms with E-state index in [1.165, 1.54) is 0 Å². The van der Waals surface area contributed by atoms with Gasteiger partial charge in [0.25, 0.3) is 0 Å². The van der Waals surface area contributed by atoms with Crippen molar-refractivity contribution in [3.8, 4) is 0 Å². The molecule has 3 rings (SSSR count). The van der Waals surface area contributed by atoms with Gasteiger partial charge in [-0.15, -0.1) is 0 Å². The normalized spacial score (nSPS) is 18.6. The predicted molar refractivity (Wildman–Crippen MR) is 88.1 cm³/mol. The molecule has 0 saturated carbocycles. The molecule has 2 nitrogen and oxygen atoms in total. The van der Waals surface area contributed by atoms with Gasteiger partial charge in [0.1, 0.15) is 7.14 Å². The quantitative estimate of drug-likeness (QED) is 0.639. The lowest BCUT2D eigenvalue weighted by molar-refractivity contribution is 0.0943. The average molecular weight is 298 g/mol. The SMILES string of the molecule is O=P(CC1C=CCCO1)(c1ccccc1)c1ccccc1. The molecule has 3 heteroatoms. The number of rotatable bonds is 4. The molecule has 0 spiro atoms. The Kier molecular flexibility index (Phi) is 4.38. The molecule has 1 aliphatic heterocycles. The smallest absolute Gasteiger partial charge is 0.146 e. The van der Waals surface area contributed by atoms with E-state index in [0.29, 0.717) is 12.8 Å². The molecule has 0 N–H and O–H groups in total. The second-order valence-electron chi connectivity index (χ2n) is 5.22. The van der Waals surface area contributed by atoms with Gasteiger partial charge in [-0.3, -0.25) is 0 Å². The van der Waals surface area contributed by atoms with Crippen molar-refractivity contribution in [1.82, 2.24) is 0 Å². The van der Waals surface area contributed by atoms with Gasteiger partial charge in [-0.2, -0.15) is 0 Å². The molecule has 2 aromatic rings. The van der Waals surface area contributed by atoms with Crippen LogP contribution in [-0.4, -0.2) is 18.9 Å². The molecule has 1 aliphatic rings. The van der Waals surface area contributed by atoms with Crippen LogP contribution in [0.1, 0.15) is 6.42 Å². The Hall–Kier alpha value is -1.63. The third kappa shape index (κ3) is 3.18. The van der Waals surface area contributed by atoms with E-state index in [9.17, 15) is 4.57 Å². The summed E-state index contributed by atoms with van der Waals surface area (Å²) in [6.07, 6.45) is 5.57. The molecule has 0 fully saturated rings. The Labute approximate surface area is 125 Å². The molecule has 1 unspecified atom stereocenters. The highest BCUT2D eigenvalue weighted by Gasteiger charge is 2.30. The molecule has 21 heavy (non-hydrogen) atoms. The van der Waals surface area contributed by atoms with Gasteiger partial charge >= 0.3 is 0 Å². The lowest BCUT2D eigenvalue weighted by atomic mass is 10.2. The van der Waals surface area contributed by atoms with E-state index >= 15 is 0 Å². The zero-order valence-corrected chi connectivity index (χ0v) is 12.8. The Bertz CT molecular complexity index is 606. The third-order valence-corrected chi connectivity index (χ3v) is 6.89. The molecule has 2 aromatic carbocycles. The van der Waals surface area contributed by atoms with E-state index in [0.717, 1.165) is 17.0 Å². The molecule has 0 radical (unpaired) electrons. The summed E-state index contributed by atoms with van der Waals surface area (Å²) >= 11 is 0. The first kappa shape index (κ1) is 14.3. The number of hydrogen-bond donors (Lipinski definition) is 0. The highest BCUT2D eigenvalue weighted by molar-refractivity contribution is 7.78. The zero-order chi connectivity index (χ0) is 14.5. The van der Waals surface area contributed by atoms with Gasteiger partial charge in [-0.25, -0.2) is 0 Å². The first-order valence-electron chi connectivity index (χ1n) is 7.27. The summed E-state index contributed by atoms with van der Waals surface area (Å²) in [5.74, 6) is 0. The fraction of sp³-hybridized carbons (Fsp3) is 0.222. The molecular formula is C18H19O2P. The van der Waals surface area contributed by atoms with Crippen LogP contribution >= 0.6 is 7.14 Å². The van der Waals surface area contributed by atoms with E-state index in [1.54, 1.807) is 0 Å². The van der Waals surface area contributed by atoms with Gasteiger partial charge in [-0.1, -0.05) is 72.8 Å². The van der Waals surface area contributed by atoms with Gasteiger partial charge in [0.2, 0.25) is 0 Å². The molecule has 0 saturated heterocycles. The first-order valence-corrected chi connectivity index (χ1v) is 9.17. The highest BCUT2D eigenvalue weighted by Crippen LogP contribution is 2.44. The van der Waals surface area contributed by atoms with E-state index in [4.69, 9.17) is 4.74 Å². The van der Waals surface area contributed by atoms with Crippen molar-refractivity contribution in [3.63, 3.8) is 0 Å². The standard InChI is InChI=1S/C18H19O2P/c19-21(17-10-3-1-4-11-17,18-12-5-2-6-13-18)15-16-9-7-8-14-20-16/h1-7,9-13,16H,8,14-15H2. The van der Waals surface area contributed by atoms with Crippen LogP contribution in [0.15, 0.2) is 72.8 Å². The molecule has 0 bridgehead atoms. The summed E-state index contributed by atoms with van der Waals surface area (Å²) < 4.78 is 19.5. The fourth-order valence-electron chi connectivity index (χ4n) is 2.66. The van der Waals surface area contributed by atoms with Gasteiger partial charge in [-0.05, 0) is 6.42 Å². The largest absolute Gasteiger partial charge is 0.373 e. The van der Waals surface area contributed by atoms with Crippen molar-refractivity contribution >= 4 is 17.8 Å². The molecule has 0 aromatic heterocycles. The summed E-state index contributed by atoms with van der Waals surface area (Å²) in [4.78, 5) is 0. The Morgan fingerprint density at radius 2 is 1.52 bits per heavy atom. The lowest BCUT2D eigenvalue weighted by Gasteiger charge is -2.25. The van der Waals surface area contributed by atoms with Crippen molar-refractivity contribution in [2.45, 2.75) is 12.5 Å². The maximum Gasteiger partial charge on any atom is 0.146 e. The second kappa shape index (κ2) is 6.43. The van der Waals surface area contributed by atoms with E-state index in [2.05, 4.69) is 6.08 Å². The van der Waals surface area contributed by atoms with Crippen LogP contribution in [0.25, 0.3) is 0 Å². The van der Waals surface area contributed by atoms with Crippen molar-refractivity contribution in [2.75, 3.05) is 12.8 Å². The number of ether oxygens (including phenoxy) is 1. The van der Waals surface area contributed by atoms with Crippen LogP contribution in [0.3, 0.4) is 0 Å². The summed E-state index contributed by atoms with van der Waals surface area (Å²) in [6, 6.07) is 19.5. The van der Waals surface area contributed by atoms with Crippen molar-refractivity contribution in [3.05, 3.63) is 72.8 Å². The van der Waals surface area contributed by atoms with Crippen LogP contribution in [0.5, 0.6) is 0 Å². The van der Waals surface area contributed by atoms with E-state index in [-0.39, 0.29) is 6.10 Å². The monoisotopic (exact) mass is 298 g/mol. The summed E-state index contributed by atoms with van der Waals surface area (Å²) in [5, 5.41) is 1.80. The van der Waals surface area contributed by atoms with Gasteiger partial charge < -0.3 is 9.30 Å². The van der Waals surface area contributed by atoms with Crippen LogP contribution in [-0.2, 0) is 9.30 Å². The minimum atomic E-state index is -2.67. The molecule has 1 atom stereocenters. The average Bonchev–Trinajstić information content (AvgIpc) is 2.57. The lowest BCUT2D eigenvalue weighted by Crippen LogP contribution is -2.27. The predicted octanol–water partition coefficient (Wildman–Crippen LogP) is 3.35. The van der Waals surface area contributed by atoms with Crippen LogP contribution in [0, 0.1) is 0 Å². The minimum absolute atomic E-state index is 0.0648. The second-order valence-corrected chi connectivity index (χ2v) is 8.10. The Balaban J connectivity index is 2.01. The summed E-state index contributed by atoms with van der Waals surface area (Å²) in [5.41, 5.74) is 0. The number of hydrogen-bond acceptors (Lipinski definition) is 2. The van der Waals surface area contributed by atoms with Gasteiger partial charge in [0.15, 0.2) is 0 Å². The third-order valence-electron chi connectivity index (χ3n) is 3.75. The summed E-state index contributed by atoms with van der Waals surface area (Å²) in [7, 11) is -2.67. The molecular weight excluding hydrogens is 279 g/mol. The maximum atomic E-state index is 13.8. The fourth-order valence-corrected chi connectivity index (χ4v) is 5.42. The van der Waals surface area contributed by atoms with Crippen LogP contribution in [0.4, 0.5) is 0 Å². The molecule has 1 heterocycles. The topological polar surface area (TPSA) is 26.3 Å². The zero-order valence-electron chi connectivity index (χ0n) is 11.9. The van der Waals surface area contributed by atoms with Gasteiger partial charge in [0.05, 0.1) is 12.7 Å². The van der Waals surface area contributed by atoms with Crippen molar-refractivity contribution in [2.24, 2.45) is 0 Å².